The van der Waals surface area contributed by atoms with E-state index in [0.717, 1.165) is 22.3 Å². The molecule has 0 aliphatic carbocycles. The number of anilines is 1. The van der Waals surface area contributed by atoms with Gasteiger partial charge in [0.15, 0.2) is 0 Å². The number of nitrogens with zero attached hydrogens (tertiary/aromatic N) is 1. The lowest BCUT2D eigenvalue weighted by Crippen LogP contribution is -2.51. The number of benzene rings is 2. The van der Waals surface area contributed by atoms with Crippen molar-refractivity contribution in [2.75, 3.05) is 19.0 Å². The van der Waals surface area contributed by atoms with Crippen molar-refractivity contribution < 1.29 is 19.1 Å². The average molecular weight is 395 g/mol. The summed E-state index contributed by atoms with van der Waals surface area (Å²) in [7, 11) is 1.33. The molecule has 1 heterocycles. The third kappa shape index (κ3) is 4.81. The molecule has 0 saturated carbocycles. The maximum Gasteiger partial charge on any atom is 0.325 e. The van der Waals surface area contributed by atoms with E-state index >= 15 is 0 Å². The second-order valence-corrected chi connectivity index (χ2v) is 7.17. The number of hydrogen-bond donors (Lipinski definition) is 2. The zero-order chi connectivity index (χ0) is 21.0. The number of fused-ring (bicyclic) bond motifs is 1. The van der Waals surface area contributed by atoms with Gasteiger partial charge >= 0.3 is 12.0 Å². The highest BCUT2D eigenvalue weighted by Crippen LogP contribution is 2.24. The van der Waals surface area contributed by atoms with E-state index in [1.165, 1.54) is 7.11 Å². The number of ether oxygens (including phenoxy) is 1. The third-order valence-electron chi connectivity index (χ3n) is 5.27. The van der Waals surface area contributed by atoms with Gasteiger partial charge in [0.05, 0.1) is 13.7 Å². The first-order chi connectivity index (χ1) is 13.9. The van der Waals surface area contributed by atoms with Gasteiger partial charge in [-0.15, -0.1) is 0 Å². The predicted molar refractivity (Wildman–Crippen MR) is 109 cm³/mol. The first kappa shape index (κ1) is 20.5. The quantitative estimate of drug-likeness (QED) is 0.777. The van der Waals surface area contributed by atoms with Crippen molar-refractivity contribution in [3.63, 3.8) is 0 Å². The molecule has 1 aliphatic heterocycles. The Balaban J connectivity index is 1.65. The first-order valence-electron chi connectivity index (χ1n) is 9.44. The van der Waals surface area contributed by atoms with Crippen LogP contribution in [0.2, 0.25) is 0 Å². The normalized spacial score (nSPS) is 15.9. The summed E-state index contributed by atoms with van der Waals surface area (Å²) in [6.07, 6.45) is 0.463. The molecule has 3 amide bonds. The Labute approximate surface area is 170 Å². The van der Waals surface area contributed by atoms with Crippen LogP contribution in [0.25, 0.3) is 0 Å². The largest absolute Gasteiger partial charge is 0.468 e. The lowest BCUT2D eigenvalue weighted by atomic mass is 9.94. The molecule has 0 spiro atoms. The molecule has 29 heavy (non-hydrogen) atoms. The molecule has 1 aliphatic rings. The van der Waals surface area contributed by atoms with E-state index in [4.69, 9.17) is 4.74 Å². The number of carbonyl (C=O) groups is 3. The lowest BCUT2D eigenvalue weighted by molar-refractivity contribution is -0.148. The molecule has 0 bridgehead atoms. The minimum atomic E-state index is -0.601. The van der Waals surface area contributed by atoms with E-state index < -0.39 is 23.9 Å². The number of methoxy groups -OCH3 is 1. The molecule has 1 atom stereocenters. The molecule has 152 valence electrons. The Hall–Kier alpha value is -3.19. The molecule has 2 N–H and O–H groups in total. The molecule has 0 aromatic heterocycles. The summed E-state index contributed by atoms with van der Waals surface area (Å²) in [5.74, 6) is -0.881. The highest BCUT2D eigenvalue weighted by Gasteiger charge is 2.33. The van der Waals surface area contributed by atoms with Gasteiger partial charge in [-0.2, -0.15) is 0 Å². The Morgan fingerprint density at radius 1 is 1.07 bits per heavy atom. The van der Waals surface area contributed by atoms with Crippen LogP contribution < -0.4 is 10.6 Å². The minimum Gasteiger partial charge on any atom is -0.468 e. The maximum absolute atomic E-state index is 12.5. The van der Waals surface area contributed by atoms with Gasteiger partial charge in [0.1, 0.15) is 6.04 Å². The summed E-state index contributed by atoms with van der Waals surface area (Å²) in [4.78, 5) is 38.7. The molecule has 7 heteroatoms. The molecular formula is C22H25N3O4. The standard InChI is InChI=1S/C22H25N3O4/c1-14-7-6-10-18(15(14)2)23-22(28)24-20(26)13-25-12-17-9-5-4-8-16(17)11-19(25)21(27)29-3/h4-10,19H,11-13H2,1-3H3,(H2,23,24,26,28)/t19-/m0/s1. The summed E-state index contributed by atoms with van der Waals surface area (Å²) < 4.78 is 4.91. The molecule has 3 rings (SSSR count). The monoisotopic (exact) mass is 395 g/mol. The molecule has 0 unspecified atom stereocenters. The predicted octanol–water partition coefficient (Wildman–Crippen LogP) is 2.55. The van der Waals surface area contributed by atoms with E-state index in [-0.39, 0.29) is 6.54 Å². The molecule has 7 nitrogen and oxygen atoms in total. The molecule has 2 aromatic rings. The van der Waals surface area contributed by atoms with Gasteiger partial charge in [-0.25, -0.2) is 4.79 Å². The number of nitrogens with one attached hydrogen (secondary N) is 2. The smallest absolute Gasteiger partial charge is 0.325 e. The summed E-state index contributed by atoms with van der Waals surface area (Å²) in [5.41, 5.74) is 4.75. The number of esters is 1. The van der Waals surface area contributed by atoms with Crippen LogP contribution in [0.3, 0.4) is 0 Å². The molecule has 0 saturated heterocycles. The van der Waals surface area contributed by atoms with Crippen LogP contribution in [0.15, 0.2) is 42.5 Å². The Morgan fingerprint density at radius 2 is 1.79 bits per heavy atom. The van der Waals surface area contributed by atoms with Crippen LogP contribution in [0.5, 0.6) is 0 Å². The van der Waals surface area contributed by atoms with Crippen molar-refractivity contribution in [1.29, 1.82) is 0 Å². The van der Waals surface area contributed by atoms with Crippen LogP contribution in [0, 0.1) is 13.8 Å². The highest BCUT2D eigenvalue weighted by molar-refractivity contribution is 6.02. The maximum atomic E-state index is 12.5. The van der Waals surface area contributed by atoms with Gasteiger partial charge in [0.2, 0.25) is 5.91 Å². The molecular weight excluding hydrogens is 370 g/mol. The number of imide groups is 1. The topological polar surface area (TPSA) is 87.7 Å². The molecule has 0 radical (unpaired) electrons. The number of urea groups is 1. The summed E-state index contributed by atoms with van der Waals surface area (Å²) >= 11 is 0. The van der Waals surface area contributed by atoms with Crippen molar-refractivity contribution in [3.8, 4) is 0 Å². The zero-order valence-corrected chi connectivity index (χ0v) is 16.8. The van der Waals surface area contributed by atoms with E-state index in [0.29, 0.717) is 18.7 Å². The number of aryl methyl sites for hydroxylation is 1. The minimum absolute atomic E-state index is 0.0890. The first-order valence-corrected chi connectivity index (χ1v) is 9.44. The summed E-state index contributed by atoms with van der Waals surface area (Å²) in [6, 6.07) is 12.2. The third-order valence-corrected chi connectivity index (χ3v) is 5.27. The van der Waals surface area contributed by atoms with Crippen LogP contribution in [0.1, 0.15) is 22.3 Å². The van der Waals surface area contributed by atoms with Crippen molar-refractivity contribution in [3.05, 3.63) is 64.7 Å². The Bertz CT molecular complexity index is 941. The highest BCUT2D eigenvalue weighted by atomic mass is 16.5. The fourth-order valence-electron chi connectivity index (χ4n) is 3.50. The van der Waals surface area contributed by atoms with Gasteiger partial charge < -0.3 is 10.1 Å². The van der Waals surface area contributed by atoms with Gasteiger partial charge in [-0.3, -0.25) is 19.8 Å². The van der Waals surface area contributed by atoms with Crippen molar-refractivity contribution in [2.24, 2.45) is 0 Å². The van der Waals surface area contributed by atoms with E-state index in [1.54, 1.807) is 11.0 Å². The fourth-order valence-corrected chi connectivity index (χ4v) is 3.50. The zero-order valence-electron chi connectivity index (χ0n) is 16.8. The number of hydrogen-bond acceptors (Lipinski definition) is 5. The van der Waals surface area contributed by atoms with Crippen LogP contribution in [0.4, 0.5) is 10.5 Å². The Kier molecular flexibility index (Phi) is 6.29. The average Bonchev–Trinajstić information content (AvgIpc) is 2.70. The van der Waals surface area contributed by atoms with Crippen LogP contribution >= 0.6 is 0 Å². The summed E-state index contributed by atoms with van der Waals surface area (Å²) in [5, 5.41) is 5.04. The number of rotatable bonds is 4. The van der Waals surface area contributed by atoms with Gasteiger partial charge in [0.25, 0.3) is 0 Å². The second-order valence-electron chi connectivity index (χ2n) is 7.17. The van der Waals surface area contributed by atoms with Gasteiger partial charge in [0, 0.05) is 12.2 Å². The van der Waals surface area contributed by atoms with Gasteiger partial charge in [-0.1, -0.05) is 36.4 Å². The summed E-state index contributed by atoms with van der Waals surface area (Å²) in [6.45, 7) is 4.19. The van der Waals surface area contributed by atoms with Crippen LogP contribution in [-0.4, -0.2) is 42.5 Å². The van der Waals surface area contributed by atoms with Crippen molar-refractivity contribution >= 4 is 23.6 Å². The van der Waals surface area contributed by atoms with Crippen molar-refractivity contribution in [2.45, 2.75) is 32.9 Å². The van der Waals surface area contributed by atoms with E-state index in [9.17, 15) is 14.4 Å². The SMILES string of the molecule is COC(=O)[C@@H]1Cc2ccccc2CN1CC(=O)NC(=O)Nc1cccc(C)c1C. The fraction of sp³-hybridized carbons (Fsp3) is 0.318. The lowest BCUT2D eigenvalue weighted by Gasteiger charge is -2.34. The number of amides is 3. The van der Waals surface area contributed by atoms with E-state index in [1.807, 2.05) is 50.2 Å². The van der Waals surface area contributed by atoms with Crippen LogP contribution in [-0.2, 0) is 27.3 Å². The number of carbonyl (C=O) groups excluding carboxylic acids is 3. The van der Waals surface area contributed by atoms with Gasteiger partial charge in [-0.05, 0) is 48.6 Å². The van der Waals surface area contributed by atoms with Crippen molar-refractivity contribution in [1.82, 2.24) is 10.2 Å². The van der Waals surface area contributed by atoms with E-state index in [2.05, 4.69) is 10.6 Å². The molecule has 0 fully saturated rings. The second kappa shape index (κ2) is 8.87. The molecule has 2 aromatic carbocycles. The Morgan fingerprint density at radius 3 is 2.52 bits per heavy atom.